The van der Waals surface area contributed by atoms with E-state index in [1.54, 1.807) is 16.5 Å². The number of fused-ring (bicyclic) bond motifs is 1. The van der Waals surface area contributed by atoms with Gasteiger partial charge >= 0.3 is 0 Å². The van der Waals surface area contributed by atoms with E-state index in [1.165, 1.54) is 0 Å². The lowest BCUT2D eigenvalue weighted by molar-refractivity contribution is -0.131. The number of hydrogen-bond acceptors (Lipinski definition) is 7. The van der Waals surface area contributed by atoms with Gasteiger partial charge in [0.2, 0.25) is 11.9 Å². The van der Waals surface area contributed by atoms with Crippen LogP contribution in [-0.2, 0) is 21.1 Å². The van der Waals surface area contributed by atoms with Gasteiger partial charge in [0.25, 0.3) is 5.78 Å². The number of rotatable bonds is 4. The van der Waals surface area contributed by atoms with Crippen LogP contribution in [0.4, 0.5) is 5.95 Å². The number of carbonyl (C=O) groups is 1. The predicted molar refractivity (Wildman–Crippen MR) is 92.8 cm³/mol. The van der Waals surface area contributed by atoms with E-state index < -0.39 is 9.84 Å². The van der Waals surface area contributed by atoms with E-state index in [9.17, 15) is 13.2 Å². The third kappa shape index (κ3) is 3.44. The molecule has 3 heterocycles. The fourth-order valence-corrected chi connectivity index (χ4v) is 5.05. The fourth-order valence-electron chi connectivity index (χ4n) is 3.28. The average Bonchev–Trinajstić information content (AvgIpc) is 3.07. The van der Waals surface area contributed by atoms with Gasteiger partial charge in [0.15, 0.2) is 9.84 Å². The molecule has 25 heavy (non-hydrogen) atoms. The van der Waals surface area contributed by atoms with E-state index in [-0.39, 0.29) is 35.8 Å². The summed E-state index contributed by atoms with van der Waals surface area (Å²) in [4.78, 5) is 22.5. The van der Waals surface area contributed by atoms with Crippen molar-refractivity contribution in [3.8, 4) is 0 Å². The maximum Gasteiger partial charge on any atom is 0.254 e. The lowest BCUT2D eigenvalue weighted by Gasteiger charge is -2.23. The summed E-state index contributed by atoms with van der Waals surface area (Å²) >= 11 is 0. The van der Waals surface area contributed by atoms with Crippen molar-refractivity contribution in [2.75, 3.05) is 24.3 Å². The summed E-state index contributed by atoms with van der Waals surface area (Å²) in [5.41, 5.74) is 8.19. The Kier molecular flexibility index (Phi) is 4.40. The first kappa shape index (κ1) is 17.6. The van der Waals surface area contributed by atoms with Gasteiger partial charge in [-0.3, -0.25) is 4.79 Å². The van der Waals surface area contributed by atoms with Crippen molar-refractivity contribution in [2.45, 2.75) is 39.2 Å². The van der Waals surface area contributed by atoms with Crippen LogP contribution in [0.3, 0.4) is 0 Å². The number of hydrogen-bond donors (Lipinski definition) is 1. The zero-order chi connectivity index (χ0) is 18.4. The lowest BCUT2D eigenvalue weighted by atomic mass is 10.1. The number of nitrogen functional groups attached to an aromatic ring is 1. The van der Waals surface area contributed by atoms with Crippen LogP contribution in [0, 0.1) is 13.8 Å². The van der Waals surface area contributed by atoms with Crippen molar-refractivity contribution in [3.63, 3.8) is 0 Å². The van der Waals surface area contributed by atoms with Crippen LogP contribution >= 0.6 is 0 Å². The zero-order valence-corrected chi connectivity index (χ0v) is 15.4. The van der Waals surface area contributed by atoms with E-state index in [0.29, 0.717) is 18.6 Å². The van der Waals surface area contributed by atoms with Gasteiger partial charge in [-0.15, -0.1) is 5.10 Å². The minimum atomic E-state index is -3.01. The monoisotopic (exact) mass is 366 g/mol. The Morgan fingerprint density at radius 2 is 2.08 bits per heavy atom. The molecular weight excluding hydrogens is 344 g/mol. The molecule has 1 amide bonds. The Hall–Kier alpha value is -2.23. The molecule has 3 rings (SSSR count). The number of aromatic nitrogens is 4. The van der Waals surface area contributed by atoms with Crippen molar-refractivity contribution >= 4 is 27.5 Å². The molecule has 9 nitrogen and oxygen atoms in total. The first-order valence-corrected chi connectivity index (χ1v) is 9.94. The molecule has 2 aromatic heterocycles. The standard InChI is InChI=1S/C15H22N6O3S/c1-9-12(10(2)21-15(17-9)18-14(16)19-21)4-5-13(22)20(3)11-6-7-25(23,24)8-11/h11H,4-8H2,1-3H3,(H2,16,19)/t11-/m0/s1. The molecule has 0 aliphatic carbocycles. The third-order valence-electron chi connectivity index (χ3n) is 4.80. The minimum absolute atomic E-state index is 0.0546. The Bertz CT molecular complexity index is 936. The van der Waals surface area contributed by atoms with Gasteiger partial charge in [-0.1, -0.05) is 0 Å². The van der Waals surface area contributed by atoms with Gasteiger partial charge in [0.05, 0.1) is 11.5 Å². The second kappa shape index (κ2) is 6.25. The Morgan fingerprint density at radius 3 is 2.72 bits per heavy atom. The van der Waals surface area contributed by atoms with Gasteiger partial charge in [0, 0.05) is 30.9 Å². The van der Waals surface area contributed by atoms with Gasteiger partial charge in [0.1, 0.15) is 0 Å². The normalized spacial score (nSPS) is 19.4. The quantitative estimate of drug-likeness (QED) is 0.801. The summed E-state index contributed by atoms with van der Waals surface area (Å²) in [6, 6.07) is -0.226. The number of nitrogens with two attached hydrogens (primary N) is 1. The fraction of sp³-hybridized carbons (Fsp3) is 0.600. The van der Waals surface area contributed by atoms with Gasteiger partial charge < -0.3 is 10.6 Å². The summed E-state index contributed by atoms with van der Waals surface area (Å²) in [6.07, 6.45) is 1.30. The van der Waals surface area contributed by atoms with E-state index in [4.69, 9.17) is 5.73 Å². The lowest BCUT2D eigenvalue weighted by Crippen LogP contribution is -2.38. The highest BCUT2D eigenvalue weighted by molar-refractivity contribution is 7.91. The molecule has 0 bridgehead atoms. The van der Waals surface area contributed by atoms with Crippen molar-refractivity contribution in [2.24, 2.45) is 0 Å². The van der Waals surface area contributed by atoms with Crippen LogP contribution in [0.2, 0.25) is 0 Å². The maximum absolute atomic E-state index is 12.5. The van der Waals surface area contributed by atoms with Gasteiger partial charge in [-0.05, 0) is 32.3 Å². The molecule has 0 radical (unpaired) electrons. The van der Waals surface area contributed by atoms with E-state index >= 15 is 0 Å². The number of nitrogens with zero attached hydrogens (tertiary/aromatic N) is 5. The molecule has 1 saturated heterocycles. The number of anilines is 1. The number of aryl methyl sites for hydroxylation is 2. The average molecular weight is 366 g/mol. The predicted octanol–water partition coefficient (Wildman–Crippen LogP) is -0.0986. The van der Waals surface area contributed by atoms with Crippen LogP contribution in [0.5, 0.6) is 0 Å². The molecular formula is C15H22N6O3S. The molecule has 1 fully saturated rings. The SMILES string of the molecule is Cc1nc2nc(N)nn2c(C)c1CCC(=O)N(C)[C@H]1CCS(=O)(=O)C1. The zero-order valence-electron chi connectivity index (χ0n) is 14.6. The number of carbonyl (C=O) groups excluding carboxylic acids is 1. The summed E-state index contributed by atoms with van der Waals surface area (Å²) in [5.74, 6) is 0.737. The highest BCUT2D eigenvalue weighted by atomic mass is 32.2. The van der Waals surface area contributed by atoms with Crippen LogP contribution in [0.1, 0.15) is 29.8 Å². The topological polar surface area (TPSA) is 124 Å². The molecule has 1 aliphatic rings. The molecule has 2 aromatic rings. The second-order valence-corrected chi connectivity index (χ2v) is 8.73. The van der Waals surface area contributed by atoms with Crippen molar-refractivity contribution < 1.29 is 13.2 Å². The van der Waals surface area contributed by atoms with Crippen LogP contribution in [0.25, 0.3) is 5.78 Å². The Labute approximate surface area is 146 Å². The third-order valence-corrected chi connectivity index (χ3v) is 6.55. The summed E-state index contributed by atoms with van der Waals surface area (Å²) in [5, 5.41) is 4.11. The second-order valence-electron chi connectivity index (χ2n) is 6.50. The molecule has 1 atom stereocenters. The van der Waals surface area contributed by atoms with Gasteiger partial charge in [-0.2, -0.15) is 9.50 Å². The van der Waals surface area contributed by atoms with Crippen LogP contribution < -0.4 is 5.73 Å². The summed E-state index contributed by atoms with van der Waals surface area (Å²) in [7, 11) is -1.34. The molecule has 136 valence electrons. The first-order chi connectivity index (χ1) is 11.7. The van der Waals surface area contributed by atoms with E-state index in [2.05, 4.69) is 15.1 Å². The molecule has 0 saturated carbocycles. The molecule has 0 aromatic carbocycles. The van der Waals surface area contributed by atoms with Crippen molar-refractivity contribution in [1.29, 1.82) is 0 Å². The molecule has 1 aliphatic heterocycles. The minimum Gasteiger partial charge on any atom is -0.366 e. The van der Waals surface area contributed by atoms with Gasteiger partial charge in [-0.25, -0.2) is 13.4 Å². The van der Waals surface area contributed by atoms with Crippen LogP contribution in [0.15, 0.2) is 0 Å². The molecule has 2 N–H and O–H groups in total. The Balaban J connectivity index is 1.73. The first-order valence-electron chi connectivity index (χ1n) is 8.12. The number of sulfone groups is 1. The van der Waals surface area contributed by atoms with Crippen LogP contribution in [-0.4, -0.2) is 63.4 Å². The van der Waals surface area contributed by atoms with Crippen molar-refractivity contribution in [3.05, 3.63) is 17.0 Å². The highest BCUT2D eigenvalue weighted by Gasteiger charge is 2.32. The maximum atomic E-state index is 12.5. The number of amides is 1. The molecule has 10 heteroatoms. The van der Waals surface area contributed by atoms with E-state index in [1.807, 2.05) is 13.8 Å². The van der Waals surface area contributed by atoms with E-state index in [0.717, 1.165) is 17.0 Å². The largest absolute Gasteiger partial charge is 0.366 e. The molecule has 0 unspecified atom stereocenters. The van der Waals surface area contributed by atoms with Crippen molar-refractivity contribution in [1.82, 2.24) is 24.5 Å². The summed E-state index contributed by atoms with van der Waals surface area (Å²) in [6.45, 7) is 3.76. The Morgan fingerprint density at radius 1 is 1.36 bits per heavy atom. The smallest absolute Gasteiger partial charge is 0.254 e. The highest BCUT2D eigenvalue weighted by Crippen LogP contribution is 2.19. The summed E-state index contributed by atoms with van der Waals surface area (Å²) < 4.78 is 24.8. The molecule has 0 spiro atoms.